The summed E-state index contributed by atoms with van der Waals surface area (Å²) in [4.78, 5) is 23.4. The summed E-state index contributed by atoms with van der Waals surface area (Å²) in [5, 5.41) is 3.16. The Hall–Kier alpha value is -0.860. The predicted molar refractivity (Wildman–Crippen MR) is 66.6 cm³/mol. The molecule has 1 amide bonds. The topological polar surface area (TPSA) is 46.2 Å². The van der Waals surface area contributed by atoms with Crippen LogP contribution >= 0.6 is 0 Å². The molecule has 2 aliphatic rings. The Morgan fingerprint density at radius 2 is 1.76 bits per heavy atom. The maximum atomic E-state index is 12.3. The molecule has 0 heterocycles. The van der Waals surface area contributed by atoms with E-state index in [0.29, 0.717) is 18.6 Å². The maximum absolute atomic E-state index is 12.3. The molecular weight excluding hydrogens is 214 g/mol. The lowest BCUT2D eigenvalue weighted by atomic mass is 9.74. The summed E-state index contributed by atoms with van der Waals surface area (Å²) >= 11 is 0. The van der Waals surface area contributed by atoms with Crippen LogP contribution in [0.3, 0.4) is 0 Å². The molecule has 2 rings (SSSR count). The number of ketones is 1. The van der Waals surface area contributed by atoms with Gasteiger partial charge in [-0.1, -0.05) is 26.2 Å². The zero-order valence-electron chi connectivity index (χ0n) is 10.8. The minimum Gasteiger partial charge on any atom is -0.353 e. The lowest BCUT2D eigenvalue weighted by Gasteiger charge is -2.34. The van der Waals surface area contributed by atoms with Crippen molar-refractivity contribution in [1.82, 2.24) is 5.32 Å². The molecule has 0 atom stereocenters. The molecule has 2 fully saturated rings. The molecule has 0 aromatic rings. The van der Waals surface area contributed by atoms with Crippen LogP contribution in [0.15, 0.2) is 0 Å². The first-order chi connectivity index (χ1) is 8.10. The van der Waals surface area contributed by atoms with Gasteiger partial charge in [0.05, 0.1) is 0 Å². The van der Waals surface area contributed by atoms with E-state index in [-0.39, 0.29) is 17.4 Å². The Kier molecular flexibility index (Phi) is 3.85. The monoisotopic (exact) mass is 237 g/mol. The first-order valence-corrected chi connectivity index (χ1v) is 6.93. The standard InChI is InChI=1S/C14H23NO2/c1-14(9-3-2-4-10-14)13(17)15-11-5-7-12(16)8-6-11/h11H,2-10H2,1H3,(H,15,17). The maximum Gasteiger partial charge on any atom is 0.226 e. The molecule has 1 N–H and O–H groups in total. The van der Waals surface area contributed by atoms with E-state index in [0.717, 1.165) is 25.7 Å². The van der Waals surface area contributed by atoms with Crippen molar-refractivity contribution in [2.75, 3.05) is 0 Å². The van der Waals surface area contributed by atoms with Crippen molar-refractivity contribution >= 4 is 11.7 Å². The first-order valence-electron chi connectivity index (χ1n) is 6.93. The van der Waals surface area contributed by atoms with Gasteiger partial charge in [0, 0.05) is 24.3 Å². The molecule has 96 valence electrons. The van der Waals surface area contributed by atoms with Gasteiger partial charge in [0.15, 0.2) is 0 Å². The molecule has 0 bridgehead atoms. The molecule has 0 aliphatic heterocycles. The molecule has 0 aromatic carbocycles. The van der Waals surface area contributed by atoms with E-state index in [9.17, 15) is 9.59 Å². The fraction of sp³-hybridized carbons (Fsp3) is 0.857. The highest BCUT2D eigenvalue weighted by Gasteiger charge is 2.35. The summed E-state index contributed by atoms with van der Waals surface area (Å²) in [6.45, 7) is 2.09. The van der Waals surface area contributed by atoms with Crippen molar-refractivity contribution < 1.29 is 9.59 Å². The van der Waals surface area contributed by atoms with Gasteiger partial charge in [-0.15, -0.1) is 0 Å². The van der Waals surface area contributed by atoms with E-state index >= 15 is 0 Å². The average Bonchev–Trinajstić information content (AvgIpc) is 2.33. The lowest BCUT2D eigenvalue weighted by Crippen LogP contribution is -2.46. The lowest BCUT2D eigenvalue weighted by molar-refractivity contribution is -0.133. The first kappa shape index (κ1) is 12.6. The van der Waals surface area contributed by atoms with Crippen LogP contribution in [0.1, 0.15) is 64.7 Å². The SMILES string of the molecule is CC1(C(=O)NC2CCC(=O)CC2)CCCCC1. The van der Waals surface area contributed by atoms with Gasteiger partial charge in [-0.25, -0.2) is 0 Å². The van der Waals surface area contributed by atoms with E-state index in [2.05, 4.69) is 12.2 Å². The van der Waals surface area contributed by atoms with Gasteiger partial charge in [0.25, 0.3) is 0 Å². The fourth-order valence-corrected chi connectivity index (χ4v) is 3.00. The highest BCUT2D eigenvalue weighted by Crippen LogP contribution is 2.36. The Bertz CT molecular complexity index is 295. The summed E-state index contributed by atoms with van der Waals surface area (Å²) in [7, 11) is 0. The van der Waals surface area contributed by atoms with Gasteiger partial charge in [0.2, 0.25) is 5.91 Å². The van der Waals surface area contributed by atoms with E-state index < -0.39 is 0 Å². The van der Waals surface area contributed by atoms with E-state index in [1.54, 1.807) is 0 Å². The van der Waals surface area contributed by atoms with Crippen LogP contribution in [0, 0.1) is 5.41 Å². The molecule has 0 radical (unpaired) electrons. The van der Waals surface area contributed by atoms with Crippen molar-refractivity contribution in [3.05, 3.63) is 0 Å². The third-order valence-corrected chi connectivity index (χ3v) is 4.38. The summed E-state index contributed by atoms with van der Waals surface area (Å²) in [5.41, 5.74) is -0.153. The second kappa shape index (κ2) is 5.19. The van der Waals surface area contributed by atoms with Crippen LogP contribution in [0.25, 0.3) is 0 Å². The van der Waals surface area contributed by atoms with Gasteiger partial charge in [0.1, 0.15) is 5.78 Å². The third-order valence-electron chi connectivity index (χ3n) is 4.38. The van der Waals surface area contributed by atoms with Crippen molar-refractivity contribution in [2.24, 2.45) is 5.41 Å². The number of hydrogen-bond donors (Lipinski definition) is 1. The molecule has 0 spiro atoms. The van der Waals surface area contributed by atoms with Crippen LogP contribution < -0.4 is 5.32 Å². The largest absolute Gasteiger partial charge is 0.353 e. The number of Topliss-reactive ketones (excluding diaryl/α,β-unsaturated/α-hetero) is 1. The number of rotatable bonds is 2. The van der Waals surface area contributed by atoms with Crippen molar-refractivity contribution in [3.63, 3.8) is 0 Å². The van der Waals surface area contributed by atoms with E-state index in [1.807, 2.05) is 0 Å². The normalized spacial score (nSPS) is 25.6. The number of carbonyl (C=O) groups excluding carboxylic acids is 2. The van der Waals surface area contributed by atoms with Crippen LogP contribution in [0.2, 0.25) is 0 Å². The quantitative estimate of drug-likeness (QED) is 0.802. The molecule has 2 aliphatic carbocycles. The number of hydrogen-bond acceptors (Lipinski definition) is 2. The second-order valence-electron chi connectivity index (χ2n) is 5.91. The van der Waals surface area contributed by atoms with Crippen LogP contribution in [0.4, 0.5) is 0 Å². The molecule has 3 nitrogen and oxygen atoms in total. The number of nitrogens with one attached hydrogen (secondary N) is 1. The summed E-state index contributed by atoms with van der Waals surface area (Å²) < 4.78 is 0. The second-order valence-corrected chi connectivity index (χ2v) is 5.91. The van der Waals surface area contributed by atoms with E-state index in [1.165, 1.54) is 19.3 Å². The van der Waals surface area contributed by atoms with Crippen LogP contribution in [0.5, 0.6) is 0 Å². The smallest absolute Gasteiger partial charge is 0.226 e. The minimum absolute atomic E-state index is 0.153. The van der Waals surface area contributed by atoms with Gasteiger partial charge in [-0.2, -0.15) is 0 Å². The Morgan fingerprint density at radius 1 is 1.18 bits per heavy atom. The number of carbonyl (C=O) groups is 2. The highest BCUT2D eigenvalue weighted by atomic mass is 16.2. The fourth-order valence-electron chi connectivity index (χ4n) is 3.00. The van der Waals surface area contributed by atoms with Crippen molar-refractivity contribution in [2.45, 2.75) is 70.8 Å². The van der Waals surface area contributed by atoms with Gasteiger partial charge in [-0.05, 0) is 25.7 Å². The molecule has 0 saturated heterocycles. The molecule has 0 aromatic heterocycles. The third kappa shape index (κ3) is 3.08. The van der Waals surface area contributed by atoms with Gasteiger partial charge >= 0.3 is 0 Å². The van der Waals surface area contributed by atoms with Crippen molar-refractivity contribution in [3.8, 4) is 0 Å². The van der Waals surface area contributed by atoms with Crippen LogP contribution in [-0.4, -0.2) is 17.7 Å². The van der Waals surface area contributed by atoms with Gasteiger partial charge in [-0.3, -0.25) is 9.59 Å². The zero-order valence-corrected chi connectivity index (χ0v) is 10.8. The molecule has 17 heavy (non-hydrogen) atoms. The molecule has 0 unspecified atom stereocenters. The Balaban J connectivity index is 1.85. The summed E-state index contributed by atoms with van der Waals surface area (Å²) in [6.07, 6.45) is 8.60. The Labute approximate surface area is 103 Å². The highest BCUT2D eigenvalue weighted by molar-refractivity contribution is 5.83. The summed E-state index contributed by atoms with van der Waals surface area (Å²) in [6, 6.07) is 0.235. The average molecular weight is 237 g/mol. The molecule has 2 saturated carbocycles. The minimum atomic E-state index is -0.153. The van der Waals surface area contributed by atoms with Crippen LogP contribution in [-0.2, 0) is 9.59 Å². The summed E-state index contributed by atoms with van der Waals surface area (Å²) in [5.74, 6) is 0.566. The van der Waals surface area contributed by atoms with Crippen molar-refractivity contribution in [1.29, 1.82) is 0 Å². The predicted octanol–water partition coefficient (Wildman–Crippen LogP) is 2.58. The Morgan fingerprint density at radius 3 is 2.35 bits per heavy atom. The molecular formula is C14H23NO2. The molecule has 3 heteroatoms. The van der Waals surface area contributed by atoms with Gasteiger partial charge < -0.3 is 5.32 Å². The van der Waals surface area contributed by atoms with E-state index in [4.69, 9.17) is 0 Å². The number of amides is 1. The zero-order chi connectivity index (χ0) is 12.3.